The third-order valence-electron chi connectivity index (χ3n) is 3.67. The molecule has 1 saturated heterocycles. The van der Waals surface area contributed by atoms with Gasteiger partial charge in [-0.15, -0.1) is 0 Å². The van der Waals surface area contributed by atoms with Gasteiger partial charge in [-0.05, 0) is 44.0 Å². The summed E-state index contributed by atoms with van der Waals surface area (Å²) in [6, 6.07) is 8.56. The minimum Gasteiger partial charge on any atom is -0.303 e. The highest BCUT2D eigenvalue weighted by Gasteiger charge is 2.21. The topological polar surface area (TPSA) is 49.4 Å². The van der Waals surface area contributed by atoms with Crippen LogP contribution in [-0.4, -0.2) is 39.5 Å². The van der Waals surface area contributed by atoms with Crippen LogP contribution in [0, 0.1) is 5.92 Å². The van der Waals surface area contributed by atoms with Crippen molar-refractivity contribution in [1.82, 2.24) is 9.62 Å². The van der Waals surface area contributed by atoms with Gasteiger partial charge in [0, 0.05) is 13.1 Å². The predicted molar refractivity (Wildman–Crippen MR) is 76.5 cm³/mol. The molecule has 2 rings (SSSR count). The Balaban J connectivity index is 1.91. The van der Waals surface area contributed by atoms with Crippen molar-refractivity contribution in [2.24, 2.45) is 5.92 Å². The molecule has 106 valence electrons. The number of nitrogens with one attached hydrogen (secondary N) is 1. The molecule has 5 heteroatoms. The molecule has 1 aromatic rings. The van der Waals surface area contributed by atoms with Gasteiger partial charge in [0.25, 0.3) is 0 Å². The lowest BCUT2D eigenvalue weighted by molar-refractivity contribution is 0.184. The highest BCUT2D eigenvalue weighted by molar-refractivity contribution is 7.89. The number of hydrogen-bond acceptors (Lipinski definition) is 3. The van der Waals surface area contributed by atoms with E-state index in [2.05, 4.69) is 16.5 Å². The molecular weight excluding hydrogens is 260 g/mol. The molecule has 0 spiro atoms. The van der Waals surface area contributed by atoms with E-state index < -0.39 is 10.0 Å². The maximum atomic E-state index is 12.1. The second kappa shape index (κ2) is 6.50. The summed E-state index contributed by atoms with van der Waals surface area (Å²) in [6.07, 6.45) is 2.26. The lowest BCUT2D eigenvalue weighted by Crippen LogP contribution is -2.40. The van der Waals surface area contributed by atoms with Crippen LogP contribution in [-0.2, 0) is 10.0 Å². The Bertz CT molecular complexity index is 487. The Labute approximate surface area is 115 Å². The van der Waals surface area contributed by atoms with Crippen molar-refractivity contribution >= 4 is 10.0 Å². The zero-order valence-corrected chi connectivity index (χ0v) is 12.2. The van der Waals surface area contributed by atoms with E-state index in [4.69, 9.17) is 0 Å². The van der Waals surface area contributed by atoms with Crippen LogP contribution in [0.2, 0.25) is 0 Å². The van der Waals surface area contributed by atoms with E-state index in [-0.39, 0.29) is 0 Å². The Morgan fingerprint density at radius 3 is 2.74 bits per heavy atom. The van der Waals surface area contributed by atoms with Crippen LogP contribution in [0.3, 0.4) is 0 Å². The second-order valence-corrected chi connectivity index (χ2v) is 6.83. The first kappa shape index (κ1) is 14.5. The molecule has 1 aliphatic heterocycles. The SMILES string of the molecule is CCN1CCCC(CNS(=O)(=O)c2ccccc2)C1. The molecule has 1 atom stereocenters. The van der Waals surface area contributed by atoms with Gasteiger partial charge in [0.05, 0.1) is 4.90 Å². The number of benzene rings is 1. The fourth-order valence-corrected chi connectivity index (χ4v) is 3.65. The average molecular weight is 282 g/mol. The van der Waals surface area contributed by atoms with Gasteiger partial charge >= 0.3 is 0 Å². The third-order valence-corrected chi connectivity index (χ3v) is 5.11. The Morgan fingerprint density at radius 2 is 2.05 bits per heavy atom. The Hall–Kier alpha value is -0.910. The van der Waals surface area contributed by atoms with Crippen LogP contribution < -0.4 is 4.72 Å². The Kier molecular flexibility index (Phi) is 4.96. The fraction of sp³-hybridized carbons (Fsp3) is 0.571. The van der Waals surface area contributed by atoms with Crippen molar-refractivity contribution < 1.29 is 8.42 Å². The lowest BCUT2D eigenvalue weighted by Gasteiger charge is -2.31. The van der Waals surface area contributed by atoms with E-state index in [1.807, 2.05) is 6.07 Å². The van der Waals surface area contributed by atoms with Crippen LogP contribution in [0.4, 0.5) is 0 Å². The summed E-state index contributed by atoms with van der Waals surface area (Å²) in [5.74, 6) is 0.423. The van der Waals surface area contributed by atoms with Crippen LogP contribution in [0.25, 0.3) is 0 Å². The predicted octanol–water partition coefficient (Wildman–Crippen LogP) is 1.70. The average Bonchev–Trinajstić information content (AvgIpc) is 2.46. The summed E-state index contributed by atoms with van der Waals surface area (Å²) in [5.41, 5.74) is 0. The monoisotopic (exact) mass is 282 g/mol. The van der Waals surface area contributed by atoms with E-state index in [9.17, 15) is 8.42 Å². The summed E-state index contributed by atoms with van der Waals surface area (Å²) >= 11 is 0. The van der Waals surface area contributed by atoms with E-state index in [1.54, 1.807) is 24.3 Å². The Morgan fingerprint density at radius 1 is 1.32 bits per heavy atom. The van der Waals surface area contributed by atoms with Crippen molar-refractivity contribution in [3.8, 4) is 0 Å². The van der Waals surface area contributed by atoms with Gasteiger partial charge in [-0.3, -0.25) is 0 Å². The van der Waals surface area contributed by atoms with Gasteiger partial charge in [0.15, 0.2) is 0 Å². The summed E-state index contributed by atoms with van der Waals surface area (Å²) < 4.78 is 26.9. The zero-order chi connectivity index (χ0) is 13.7. The fourth-order valence-electron chi connectivity index (χ4n) is 2.52. The third kappa shape index (κ3) is 4.03. The van der Waals surface area contributed by atoms with Crippen LogP contribution in [0.5, 0.6) is 0 Å². The molecule has 1 N–H and O–H groups in total. The number of piperidine rings is 1. The summed E-state index contributed by atoms with van der Waals surface area (Å²) in [6.45, 7) is 5.86. The molecule has 4 nitrogen and oxygen atoms in total. The summed E-state index contributed by atoms with van der Waals surface area (Å²) in [7, 11) is -3.35. The van der Waals surface area contributed by atoms with E-state index in [0.717, 1.165) is 32.5 Å². The molecule has 0 aliphatic carbocycles. The molecule has 1 aliphatic rings. The molecule has 1 unspecified atom stereocenters. The number of likely N-dealkylation sites (tertiary alicyclic amines) is 1. The number of sulfonamides is 1. The lowest BCUT2D eigenvalue weighted by atomic mass is 9.98. The van der Waals surface area contributed by atoms with Crippen LogP contribution in [0.15, 0.2) is 35.2 Å². The van der Waals surface area contributed by atoms with Gasteiger partial charge in [0.2, 0.25) is 10.0 Å². The van der Waals surface area contributed by atoms with Crippen LogP contribution >= 0.6 is 0 Å². The zero-order valence-electron chi connectivity index (χ0n) is 11.4. The van der Waals surface area contributed by atoms with Gasteiger partial charge in [-0.25, -0.2) is 13.1 Å². The number of nitrogens with zero attached hydrogens (tertiary/aromatic N) is 1. The molecule has 1 heterocycles. The minimum atomic E-state index is -3.35. The van der Waals surface area contributed by atoms with Crippen LogP contribution in [0.1, 0.15) is 19.8 Å². The largest absolute Gasteiger partial charge is 0.303 e. The molecule has 0 amide bonds. The first-order chi connectivity index (χ1) is 9.12. The molecule has 1 fully saturated rings. The standard InChI is InChI=1S/C14H22N2O2S/c1-2-16-10-6-7-13(12-16)11-15-19(17,18)14-8-4-3-5-9-14/h3-5,8-9,13,15H,2,6-7,10-12H2,1H3. The normalized spacial score (nSPS) is 21.4. The van der Waals surface area contributed by atoms with Crippen molar-refractivity contribution in [3.63, 3.8) is 0 Å². The van der Waals surface area contributed by atoms with E-state index in [1.165, 1.54) is 0 Å². The summed E-state index contributed by atoms with van der Waals surface area (Å²) in [4.78, 5) is 2.73. The maximum absolute atomic E-state index is 12.1. The molecule has 0 bridgehead atoms. The van der Waals surface area contributed by atoms with Gasteiger partial charge in [0.1, 0.15) is 0 Å². The highest BCUT2D eigenvalue weighted by Crippen LogP contribution is 2.16. The van der Waals surface area contributed by atoms with E-state index in [0.29, 0.717) is 17.4 Å². The second-order valence-electron chi connectivity index (χ2n) is 5.07. The van der Waals surface area contributed by atoms with Crippen molar-refractivity contribution in [2.75, 3.05) is 26.2 Å². The van der Waals surface area contributed by atoms with Crippen molar-refractivity contribution in [2.45, 2.75) is 24.7 Å². The quantitative estimate of drug-likeness (QED) is 0.894. The van der Waals surface area contributed by atoms with Crippen molar-refractivity contribution in [1.29, 1.82) is 0 Å². The highest BCUT2D eigenvalue weighted by atomic mass is 32.2. The maximum Gasteiger partial charge on any atom is 0.240 e. The molecule has 0 radical (unpaired) electrons. The molecule has 19 heavy (non-hydrogen) atoms. The molecule has 0 saturated carbocycles. The van der Waals surface area contributed by atoms with E-state index >= 15 is 0 Å². The van der Waals surface area contributed by atoms with Gasteiger partial charge < -0.3 is 4.90 Å². The van der Waals surface area contributed by atoms with Crippen molar-refractivity contribution in [3.05, 3.63) is 30.3 Å². The number of hydrogen-bond donors (Lipinski definition) is 1. The molecule has 1 aromatic carbocycles. The molecule has 0 aromatic heterocycles. The first-order valence-electron chi connectivity index (χ1n) is 6.89. The number of rotatable bonds is 5. The summed E-state index contributed by atoms with van der Waals surface area (Å²) in [5, 5.41) is 0. The minimum absolute atomic E-state index is 0.346. The molecular formula is C14H22N2O2S. The smallest absolute Gasteiger partial charge is 0.240 e. The van der Waals surface area contributed by atoms with Gasteiger partial charge in [-0.1, -0.05) is 25.1 Å². The van der Waals surface area contributed by atoms with Gasteiger partial charge in [-0.2, -0.15) is 0 Å². The first-order valence-corrected chi connectivity index (χ1v) is 8.37.